The van der Waals surface area contributed by atoms with Crippen molar-refractivity contribution in [1.82, 2.24) is 9.97 Å². The van der Waals surface area contributed by atoms with Crippen LogP contribution in [0.4, 0.5) is 9.52 Å². The number of hydrogen-bond donors (Lipinski definition) is 1. The number of thiazole rings is 1. The highest BCUT2D eigenvalue weighted by molar-refractivity contribution is 7.15. The summed E-state index contributed by atoms with van der Waals surface area (Å²) in [5, 5.41) is 3.28. The molecule has 0 aliphatic carbocycles. The Bertz CT molecular complexity index is 830. The van der Waals surface area contributed by atoms with Crippen LogP contribution in [-0.4, -0.2) is 15.9 Å². The number of aryl methyl sites for hydroxylation is 1. The van der Waals surface area contributed by atoms with E-state index in [0.29, 0.717) is 28.4 Å². The summed E-state index contributed by atoms with van der Waals surface area (Å²) in [4.78, 5) is 21.5. The maximum absolute atomic E-state index is 13.6. The number of aromatic nitrogens is 2. The standard InChI is InChI=1S/C17H14FN3OS/c1-11-9-20-17(23-11)21-16(22)13-6-7-14(19-10-13)8-12-4-2-3-5-15(12)18/h2-7,9-10H,8H2,1H3,(H,20,21,22). The Balaban J connectivity index is 1.69. The molecule has 6 heteroatoms. The van der Waals surface area contributed by atoms with Gasteiger partial charge in [0.15, 0.2) is 5.13 Å². The molecule has 0 fully saturated rings. The number of pyridine rings is 1. The van der Waals surface area contributed by atoms with Crippen molar-refractivity contribution in [3.8, 4) is 0 Å². The van der Waals surface area contributed by atoms with E-state index >= 15 is 0 Å². The minimum absolute atomic E-state index is 0.254. The number of halogens is 1. The lowest BCUT2D eigenvalue weighted by molar-refractivity contribution is 0.102. The van der Waals surface area contributed by atoms with Gasteiger partial charge in [-0.2, -0.15) is 0 Å². The molecule has 116 valence electrons. The maximum Gasteiger partial charge on any atom is 0.259 e. The number of hydrogen-bond acceptors (Lipinski definition) is 4. The maximum atomic E-state index is 13.6. The van der Waals surface area contributed by atoms with Crippen molar-refractivity contribution in [3.05, 3.63) is 76.3 Å². The topological polar surface area (TPSA) is 54.9 Å². The molecule has 0 spiro atoms. The molecule has 0 saturated heterocycles. The molecular formula is C17H14FN3OS. The fourth-order valence-electron chi connectivity index (χ4n) is 2.08. The first kappa shape index (κ1) is 15.3. The summed E-state index contributed by atoms with van der Waals surface area (Å²) in [5.74, 6) is -0.514. The van der Waals surface area contributed by atoms with Crippen LogP contribution in [0.3, 0.4) is 0 Å². The number of amides is 1. The fraction of sp³-hybridized carbons (Fsp3) is 0.118. The van der Waals surface area contributed by atoms with Crippen LogP contribution in [0.25, 0.3) is 0 Å². The SMILES string of the molecule is Cc1cnc(NC(=O)c2ccc(Cc3ccccc3F)nc2)s1. The average molecular weight is 327 g/mol. The molecule has 0 saturated carbocycles. The second kappa shape index (κ2) is 6.66. The Kier molecular flexibility index (Phi) is 4.43. The van der Waals surface area contributed by atoms with Crippen LogP contribution < -0.4 is 5.32 Å². The van der Waals surface area contributed by atoms with Crippen LogP contribution in [0.15, 0.2) is 48.8 Å². The van der Waals surface area contributed by atoms with Gasteiger partial charge in [0.25, 0.3) is 5.91 Å². The van der Waals surface area contributed by atoms with E-state index in [-0.39, 0.29) is 11.7 Å². The van der Waals surface area contributed by atoms with Crippen LogP contribution in [0, 0.1) is 12.7 Å². The van der Waals surface area contributed by atoms with Crippen molar-refractivity contribution < 1.29 is 9.18 Å². The van der Waals surface area contributed by atoms with Gasteiger partial charge in [0, 0.05) is 29.4 Å². The van der Waals surface area contributed by atoms with Gasteiger partial charge in [-0.05, 0) is 30.7 Å². The molecule has 2 aromatic heterocycles. The first-order valence-corrected chi connectivity index (χ1v) is 7.85. The quantitative estimate of drug-likeness (QED) is 0.792. The Morgan fingerprint density at radius 3 is 2.65 bits per heavy atom. The molecule has 1 N–H and O–H groups in total. The zero-order valence-corrected chi connectivity index (χ0v) is 13.2. The van der Waals surface area contributed by atoms with Gasteiger partial charge in [-0.3, -0.25) is 15.1 Å². The zero-order chi connectivity index (χ0) is 16.2. The van der Waals surface area contributed by atoms with Gasteiger partial charge in [-0.1, -0.05) is 18.2 Å². The monoisotopic (exact) mass is 327 g/mol. The molecule has 1 aromatic carbocycles. The van der Waals surface area contributed by atoms with Gasteiger partial charge in [0.05, 0.1) is 5.56 Å². The van der Waals surface area contributed by atoms with E-state index in [9.17, 15) is 9.18 Å². The van der Waals surface area contributed by atoms with Gasteiger partial charge < -0.3 is 0 Å². The van der Waals surface area contributed by atoms with Crippen LogP contribution >= 0.6 is 11.3 Å². The third kappa shape index (κ3) is 3.78. The van der Waals surface area contributed by atoms with Crippen molar-refractivity contribution in [1.29, 1.82) is 0 Å². The number of rotatable bonds is 4. The largest absolute Gasteiger partial charge is 0.298 e. The zero-order valence-electron chi connectivity index (χ0n) is 12.4. The van der Waals surface area contributed by atoms with E-state index in [1.54, 1.807) is 36.5 Å². The van der Waals surface area contributed by atoms with Gasteiger partial charge in [-0.15, -0.1) is 11.3 Å². The Morgan fingerprint density at radius 1 is 1.17 bits per heavy atom. The molecule has 0 radical (unpaired) electrons. The third-order valence-electron chi connectivity index (χ3n) is 3.26. The second-order valence-electron chi connectivity index (χ2n) is 5.04. The molecule has 0 atom stereocenters. The highest BCUT2D eigenvalue weighted by atomic mass is 32.1. The van der Waals surface area contributed by atoms with E-state index in [1.807, 2.05) is 6.92 Å². The van der Waals surface area contributed by atoms with Gasteiger partial charge in [0.2, 0.25) is 0 Å². The lowest BCUT2D eigenvalue weighted by atomic mass is 10.1. The van der Waals surface area contributed by atoms with Crippen molar-refractivity contribution in [2.24, 2.45) is 0 Å². The number of carbonyl (C=O) groups is 1. The molecule has 23 heavy (non-hydrogen) atoms. The summed E-state index contributed by atoms with van der Waals surface area (Å²) < 4.78 is 13.6. The van der Waals surface area contributed by atoms with Crippen LogP contribution in [-0.2, 0) is 6.42 Å². The molecule has 1 amide bonds. The summed E-state index contributed by atoms with van der Waals surface area (Å²) >= 11 is 1.41. The summed E-state index contributed by atoms with van der Waals surface area (Å²) in [6.45, 7) is 1.92. The third-order valence-corrected chi connectivity index (χ3v) is 4.09. The van der Waals surface area contributed by atoms with Crippen LogP contribution in [0.2, 0.25) is 0 Å². The molecule has 3 aromatic rings. The van der Waals surface area contributed by atoms with Gasteiger partial charge >= 0.3 is 0 Å². The summed E-state index contributed by atoms with van der Waals surface area (Å²) in [5.41, 5.74) is 1.72. The summed E-state index contributed by atoms with van der Waals surface area (Å²) in [6, 6.07) is 10.00. The smallest absolute Gasteiger partial charge is 0.259 e. The lowest BCUT2D eigenvalue weighted by Crippen LogP contribution is -2.12. The van der Waals surface area contributed by atoms with Crippen molar-refractivity contribution in [3.63, 3.8) is 0 Å². The predicted molar refractivity (Wildman–Crippen MR) is 88.2 cm³/mol. The summed E-state index contributed by atoms with van der Waals surface area (Å²) in [6.07, 6.45) is 3.59. The lowest BCUT2D eigenvalue weighted by Gasteiger charge is -2.05. The Hall–Kier alpha value is -2.60. The first-order valence-electron chi connectivity index (χ1n) is 7.04. The highest BCUT2D eigenvalue weighted by Crippen LogP contribution is 2.17. The highest BCUT2D eigenvalue weighted by Gasteiger charge is 2.10. The molecule has 3 rings (SSSR count). The predicted octanol–water partition coefficient (Wildman–Crippen LogP) is 3.83. The molecule has 0 unspecified atom stereocenters. The number of nitrogens with zero attached hydrogens (tertiary/aromatic N) is 2. The van der Waals surface area contributed by atoms with E-state index in [1.165, 1.54) is 23.6 Å². The van der Waals surface area contributed by atoms with E-state index in [0.717, 1.165) is 4.88 Å². The number of anilines is 1. The van der Waals surface area contributed by atoms with Gasteiger partial charge in [-0.25, -0.2) is 9.37 Å². The Morgan fingerprint density at radius 2 is 2.00 bits per heavy atom. The molecule has 0 aliphatic heterocycles. The molecule has 2 heterocycles. The Labute approximate surface area is 137 Å². The van der Waals surface area contributed by atoms with Crippen LogP contribution in [0.5, 0.6) is 0 Å². The van der Waals surface area contributed by atoms with Crippen molar-refractivity contribution >= 4 is 22.4 Å². The number of benzene rings is 1. The van der Waals surface area contributed by atoms with Gasteiger partial charge in [0.1, 0.15) is 5.82 Å². The second-order valence-corrected chi connectivity index (χ2v) is 6.27. The number of carbonyl (C=O) groups excluding carboxylic acids is 1. The first-order chi connectivity index (χ1) is 11.1. The summed E-state index contributed by atoms with van der Waals surface area (Å²) in [7, 11) is 0. The van der Waals surface area contributed by atoms with E-state index in [2.05, 4.69) is 15.3 Å². The normalized spacial score (nSPS) is 10.5. The molecule has 0 bridgehead atoms. The van der Waals surface area contributed by atoms with Crippen LogP contribution in [0.1, 0.15) is 26.5 Å². The average Bonchev–Trinajstić information content (AvgIpc) is 2.95. The molecule has 4 nitrogen and oxygen atoms in total. The van der Waals surface area contributed by atoms with Crippen molar-refractivity contribution in [2.45, 2.75) is 13.3 Å². The van der Waals surface area contributed by atoms with Crippen molar-refractivity contribution in [2.75, 3.05) is 5.32 Å². The fourth-order valence-corrected chi connectivity index (χ4v) is 2.74. The minimum atomic E-state index is -0.260. The molecule has 0 aliphatic rings. The van der Waals surface area contributed by atoms with E-state index < -0.39 is 0 Å². The molecular weight excluding hydrogens is 313 g/mol. The van der Waals surface area contributed by atoms with E-state index in [4.69, 9.17) is 0 Å². The minimum Gasteiger partial charge on any atom is -0.298 e. The number of nitrogens with one attached hydrogen (secondary N) is 1.